The third-order valence-electron chi connectivity index (χ3n) is 4.30. The molecule has 0 unspecified atom stereocenters. The van der Waals surface area contributed by atoms with E-state index >= 15 is 0 Å². The number of hydrogen-bond donors (Lipinski definition) is 1. The van der Waals surface area contributed by atoms with Gasteiger partial charge in [-0.3, -0.25) is 0 Å². The zero-order chi connectivity index (χ0) is 13.9. The molecular formula is C15H23N5. The van der Waals surface area contributed by atoms with E-state index in [9.17, 15) is 0 Å². The molecule has 5 heteroatoms. The van der Waals surface area contributed by atoms with Gasteiger partial charge in [-0.25, -0.2) is 9.50 Å². The SMILES string of the molecule is CCN1CCC(Cc2nc3ccc(CN)cn3n2)CC1. The molecule has 5 nitrogen and oxygen atoms in total. The zero-order valence-corrected chi connectivity index (χ0v) is 12.1. The van der Waals surface area contributed by atoms with Gasteiger partial charge in [0.25, 0.3) is 0 Å². The zero-order valence-electron chi connectivity index (χ0n) is 12.1. The molecule has 0 radical (unpaired) electrons. The molecule has 1 saturated heterocycles. The number of likely N-dealkylation sites (tertiary alicyclic amines) is 1. The van der Waals surface area contributed by atoms with E-state index in [1.165, 1.54) is 32.5 Å². The normalized spacial score (nSPS) is 17.9. The largest absolute Gasteiger partial charge is 0.326 e. The Hall–Kier alpha value is -1.46. The quantitative estimate of drug-likeness (QED) is 0.916. The highest BCUT2D eigenvalue weighted by molar-refractivity contribution is 5.38. The fourth-order valence-corrected chi connectivity index (χ4v) is 2.94. The van der Waals surface area contributed by atoms with Crippen molar-refractivity contribution in [2.75, 3.05) is 19.6 Å². The van der Waals surface area contributed by atoms with Crippen LogP contribution in [0.5, 0.6) is 0 Å². The van der Waals surface area contributed by atoms with Crippen molar-refractivity contribution in [2.24, 2.45) is 11.7 Å². The van der Waals surface area contributed by atoms with Crippen molar-refractivity contribution < 1.29 is 0 Å². The van der Waals surface area contributed by atoms with Crippen LogP contribution in [0.2, 0.25) is 0 Å². The molecule has 1 fully saturated rings. The summed E-state index contributed by atoms with van der Waals surface area (Å²) in [6.45, 7) is 6.37. The maximum atomic E-state index is 5.66. The lowest BCUT2D eigenvalue weighted by Gasteiger charge is -2.30. The first-order valence-corrected chi connectivity index (χ1v) is 7.55. The van der Waals surface area contributed by atoms with E-state index in [4.69, 9.17) is 5.73 Å². The second kappa shape index (κ2) is 5.89. The topological polar surface area (TPSA) is 59.5 Å². The van der Waals surface area contributed by atoms with E-state index in [1.54, 1.807) is 0 Å². The summed E-state index contributed by atoms with van der Waals surface area (Å²) in [6.07, 6.45) is 5.50. The van der Waals surface area contributed by atoms with Crippen LogP contribution < -0.4 is 5.73 Å². The van der Waals surface area contributed by atoms with E-state index in [-0.39, 0.29) is 0 Å². The molecule has 0 aliphatic carbocycles. The van der Waals surface area contributed by atoms with Crippen LogP contribution in [0.3, 0.4) is 0 Å². The van der Waals surface area contributed by atoms with Gasteiger partial charge in [0.15, 0.2) is 11.5 Å². The predicted molar refractivity (Wildman–Crippen MR) is 79.4 cm³/mol. The van der Waals surface area contributed by atoms with E-state index in [2.05, 4.69) is 21.9 Å². The van der Waals surface area contributed by atoms with Crippen molar-refractivity contribution in [2.45, 2.75) is 32.7 Å². The van der Waals surface area contributed by atoms with Crippen LogP contribution in [-0.2, 0) is 13.0 Å². The fourth-order valence-electron chi connectivity index (χ4n) is 2.94. The van der Waals surface area contributed by atoms with Gasteiger partial charge in [0.1, 0.15) is 0 Å². The highest BCUT2D eigenvalue weighted by atomic mass is 15.3. The highest BCUT2D eigenvalue weighted by Gasteiger charge is 2.20. The van der Waals surface area contributed by atoms with Gasteiger partial charge in [-0.2, -0.15) is 5.10 Å². The molecular weight excluding hydrogens is 250 g/mol. The first-order valence-electron chi connectivity index (χ1n) is 7.55. The molecule has 3 heterocycles. The Labute approximate surface area is 119 Å². The molecule has 3 rings (SSSR count). The Balaban J connectivity index is 1.68. The molecule has 2 aromatic rings. The van der Waals surface area contributed by atoms with Gasteiger partial charge < -0.3 is 10.6 Å². The summed E-state index contributed by atoms with van der Waals surface area (Å²) in [4.78, 5) is 7.13. The first-order chi connectivity index (χ1) is 9.78. The summed E-state index contributed by atoms with van der Waals surface area (Å²) >= 11 is 0. The molecule has 0 atom stereocenters. The Morgan fingerprint density at radius 2 is 2.10 bits per heavy atom. The average molecular weight is 273 g/mol. The van der Waals surface area contributed by atoms with Crippen molar-refractivity contribution in [1.82, 2.24) is 19.5 Å². The van der Waals surface area contributed by atoms with Gasteiger partial charge in [0, 0.05) is 19.2 Å². The van der Waals surface area contributed by atoms with Crippen LogP contribution in [0.1, 0.15) is 31.2 Å². The summed E-state index contributed by atoms with van der Waals surface area (Å²) in [5.41, 5.74) is 7.66. The van der Waals surface area contributed by atoms with Gasteiger partial charge in [-0.05, 0) is 50.0 Å². The lowest BCUT2D eigenvalue weighted by molar-refractivity contribution is 0.191. The Morgan fingerprint density at radius 1 is 1.30 bits per heavy atom. The van der Waals surface area contributed by atoms with Crippen LogP contribution in [0.15, 0.2) is 18.3 Å². The van der Waals surface area contributed by atoms with Crippen molar-refractivity contribution in [3.8, 4) is 0 Å². The number of rotatable bonds is 4. The van der Waals surface area contributed by atoms with Gasteiger partial charge in [0.2, 0.25) is 0 Å². The average Bonchev–Trinajstić information content (AvgIpc) is 2.89. The van der Waals surface area contributed by atoms with E-state index in [0.29, 0.717) is 6.54 Å². The molecule has 1 aliphatic rings. The Kier molecular flexibility index (Phi) is 3.98. The van der Waals surface area contributed by atoms with Crippen LogP contribution in [0.25, 0.3) is 5.65 Å². The van der Waals surface area contributed by atoms with Crippen LogP contribution in [0, 0.1) is 5.92 Å². The van der Waals surface area contributed by atoms with Gasteiger partial charge >= 0.3 is 0 Å². The number of nitrogens with zero attached hydrogens (tertiary/aromatic N) is 4. The minimum Gasteiger partial charge on any atom is -0.326 e. The number of piperidine rings is 1. The van der Waals surface area contributed by atoms with Crippen LogP contribution >= 0.6 is 0 Å². The first kappa shape index (κ1) is 13.5. The number of fused-ring (bicyclic) bond motifs is 1. The Bertz CT molecular complexity index is 569. The van der Waals surface area contributed by atoms with Gasteiger partial charge in [0.05, 0.1) is 0 Å². The number of aromatic nitrogens is 3. The minimum absolute atomic E-state index is 0.542. The minimum atomic E-state index is 0.542. The molecule has 0 aromatic carbocycles. The van der Waals surface area contributed by atoms with Crippen molar-refractivity contribution >= 4 is 5.65 Å². The lowest BCUT2D eigenvalue weighted by atomic mass is 9.93. The summed E-state index contributed by atoms with van der Waals surface area (Å²) in [5.74, 6) is 1.69. The van der Waals surface area contributed by atoms with Crippen LogP contribution in [-0.4, -0.2) is 39.1 Å². The van der Waals surface area contributed by atoms with Crippen molar-refractivity contribution in [3.63, 3.8) is 0 Å². The molecule has 0 amide bonds. The van der Waals surface area contributed by atoms with Crippen LogP contribution in [0.4, 0.5) is 0 Å². The number of nitrogens with two attached hydrogens (primary N) is 1. The monoisotopic (exact) mass is 273 g/mol. The smallest absolute Gasteiger partial charge is 0.155 e. The molecule has 1 aliphatic heterocycles. The predicted octanol–water partition coefficient (Wildman–Crippen LogP) is 1.46. The van der Waals surface area contributed by atoms with Crippen molar-refractivity contribution in [1.29, 1.82) is 0 Å². The molecule has 0 bridgehead atoms. The maximum absolute atomic E-state index is 5.66. The lowest BCUT2D eigenvalue weighted by Crippen LogP contribution is -2.34. The Morgan fingerprint density at radius 3 is 2.80 bits per heavy atom. The third kappa shape index (κ3) is 2.83. The second-order valence-electron chi connectivity index (χ2n) is 5.65. The van der Waals surface area contributed by atoms with E-state index < -0.39 is 0 Å². The maximum Gasteiger partial charge on any atom is 0.155 e. The molecule has 0 spiro atoms. The fraction of sp³-hybridized carbons (Fsp3) is 0.600. The van der Waals surface area contributed by atoms with Crippen molar-refractivity contribution in [3.05, 3.63) is 29.7 Å². The van der Waals surface area contributed by atoms with E-state index in [1.807, 2.05) is 22.8 Å². The third-order valence-corrected chi connectivity index (χ3v) is 4.30. The number of hydrogen-bond acceptors (Lipinski definition) is 4. The summed E-state index contributed by atoms with van der Waals surface area (Å²) in [7, 11) is 0. The highest BCUT2D eigenvalue weighted by Crippen LogP contribution is 2.20. The molecule has 20 heavy (non-hydrogen) atoms. The van der Waals surface area contributed by atoms with Gasteiger partial charge in [-0.1, -0.05) is 13.0 Å². The summed E-state index contributed by atoms with van der Waals surface area (Å²) in [5, 5.41) is 4.59. The summed E-state index contributed by atoms with van der Waals surface area (Å²) < 4.78 is 1.86. The molecule has 0 saturated carbocycles. The van der Waals surface area contributed by atoms with Gasteiger partial charge in [-0.15, -0.1) is 0 Å². The molecule has 108 valence electrons. The molecule has 2 aromatic heterocycles. The van der Waals surface area contributed by atoms with E-state index in [0.717, 1.165) is 29.4 Å². The standard InChI is InChI=1S/C15H23N5/c1-2-19-7-5-12(6-8-19)9-14-17-15-4-3-13(10-16)11-20(15)18-14/h3-4,11-12H,2,5-10,16H2,1H3. The summed E-state index contributed by atoms with van der Waals surface area (Å²) in [6, 6.07) is 4.02. The molecule has 2 N–H and O–H groups in total. The number of pyridine rings is 1. The second-order valence-corrected chi connectivity index (χ2v) is 5.65.